The van der Waals surface area contributed by atoms with E-state index < -0.39 is 34.7 Å². The highest BCUT2D eigenvalue weighted by molar-refractivity contribution is 14.1. The van der Waals surface area contributed by atoms with Crippen molar-refractivity contribution in [2.24, 2.45) is 0 Å². The van der Waals surface area contributed by atoms with Crippen molar-refractivity contribution in [3.05, 3.63) is 78.0 Å². The van der Waals surface area contributed by atoms with E-state index in [2.05, 4.69) is 20.4 Å². The Bertz CT molecular complexity index is 1480. The van der Waals surface area contributed by atoms with Crippen LogP contribution in [0.5, 0.6) is 11.5 Å². The molecule has 0 unspecified atom stereocenters. The molecule has 0 spiro atoms. The number of fused-ring (bicyclic) bond motifs is 2. The molecule has 0 amide bonds. The number of phenols is 2. The lowest BCUT2D eigenvalue weighted by molar-refractivity contribution is -0.153. The third kappa shape index (κ3) is 6.60. The van der Waals surface area contributed by atoms with Gasteiger partial charge < -0.3 is 19.0 Å². The van der Waals surface area contributed by atoms with Gasteiger partial charge in [-0.2, -0.15) is 26.3 Å². The van der Waals surface area contributed by atoms with E-state index in [1.54, 1.807) is 22.6 Å². The molecule has 0 atom stereocenters. The lowest BCUT2D eigenvalue weighted by Gasteiger charge is -2.07. The van der Waals surface area contributed by atoms with Gasteiger partial charge in [0.2, 0.25) is 11.5 Å². The van der Waals surface area contributed by atoms with Crippen molar-refractivity contribution < 1.29 is 45.4 Å². The van der Waals surface area contributed by atoms with Crippen LogP contribution >= 0.6 is 34.2 Å². The van der Waals surface area contributed by atoms with E-state index in [9.17, 15) is 41.0 Å². The van der Waals surface area contributed by atoms with Crippen molar-refractivity contribution in [3.63, 3.8) is 0 Å². The summed E-state index contributed by atoms with van der Waals surface area (Å²) in [5.74, 6) is -3.26. The van der Waals surface area contributed by atoms with Crippen molar-refractivity contribution >= 4 is 56.1 Å². The molecule has 2 heterocycles. The summed E-state index contributed by atoms with van der Waals surface area (Å²) in [6.45, 7) is 0. The van der Waals surface area contributed by atoms with Crippen LogP contribution < -0.4 is 10.9 Å². The average Bonchev–Trinajstić information content (AvgIpc) is 2.76. The highest BCUT2D eigenvalue weighted by Crippen LogP contribution is 2.33. The van der Waals surface area contributed by atoms with Gasteiger partial charge in [0.05, 0.1) is 14.3 Å². The Morgan fingerprint density at radius 1 is 0.771 bits per heavy atom. The van der Waals surface area contributed by atoms with Gasteiger partial charge in [-0.15, -0.1) is 11.6 Å². The third-order valence-electron chi connectivity index (χ3n) is 4.09. The molecule has 188 valence electrons. The zero-order valence-corrected chi connectivity index (χ0v) is 20.0. The first-order valence-corrected chi connectivity index (χ1v) is 10.8. The molecular weight excluding hydrogens is 625 g/mol. The Kier molecular flexibility index (Phi) is 8.70. The minimum Gasteiger partial charge on any atom is -0.508 e. The maximum Gasteiger partial charge on any atom is 0.449 e. The van der Waals surface area contributed by atoms with E-state index in [4.69, 9.17) is 5.11 Å². The highest BCUT2D eigenvalue weighted by atomic mass is 127. The SMILES string of the molecule is CCl.O=c1cc(C(F)(F)F)oc2c(I)c(O)ccc12.O=c1cc(C(F)(F)F)oc2cc(O)ccc12. The molecule has 0 aliphatic rings. The molecule has 2 aromatic heterocycles. The number of phenolic OH excluding ortho intramolecular Hbond substituents is 2. The van der Waals surface area contributed by atoms with Gasteiger partial charge >= 0.3 is 12.4 Å². The molecule has 35 heavy (non-hydrogen) atoms. The number of rotatable bonds is 0. The number of halogens is 8. The normalized spacial score (nSPS) is 11.5. The van der Waals surface area contributed by atoms with Crippen LogP contribution in [0, 0.1) is 3.57 Å². The fraction of sp³-hybridized carbons (Fsp3) is 0.143. The summed E-state index contributed by atoms with van der Waals surface area (Å²) in [6, 6.07) is 6.61. The van der Waals surface area contributed by atoms with Crippen LogP contribution in [0.15, 0.2) is 60.9 Å². The van der Waals surface area contributed by atoms with E-state index in [0.29, 0.717) is 12.1 Å². The minimum atomic E-state index is -4.73. The number of alkyl halides is 7. The second-order valence-corrected chi connectivity index (χ2v) is 7.48. The quantitative estimate of drug-likeness (QED) is 0.130. The maximum absolute atomic E-state index is 12.4. The van der Waals surface area contributed by atoms with Crippen molar-refractivity contribution in [3.8, 4) is 11.5 Å². The van der Waals surface area contributed by atoms with Crippen LogP contribution in [-0.4, -0.2) is 16.6 Å². The Hall–Kier alpha value is -2.94. The van der Waals surface area contributed by atoms with Crippen molar-refractivity contribution in [2.45, 2.75) is 12.4 Å². The van der Waals surface area contributed by atoms with Crippen LogP contribution in [-0.2, 0) is 12.4 Å². The first-order valence-electron chi connectivity index (χ1n) is 8.93. The minimum absolute atomic E-state index is 0.000185. The zero-order valence-electron chi connectivity index (χ0n) is 17.1. The number of hydrogen-bond acceptors (Lipinski definition) is 6. The maximum atomic E-state index is 12.4. The molecule has 0 radical (unpaired) electrons. The van der Waals surface area contributed by atoms with Crippen LogP contribution in [0.1, 0.15) is 11.5 Å². The van der Waals surface area contributed by atoms with E-state index in [0.717, 1.165) is 6.07 Å². The van der Waals surface area contributed by atoms with Crippen LogP contribution in [0.25, 0.3) is 21.9 Å². The molecule has 6 nitrogen and oxygen atoms in total. The summed E-state index contributed by atoms with van der Waals surface area (Å²) < 4.78 is 83.4. The molecule has 4 rings (SSSR count). The van der Waals surface area contributed by atoms with Gasteiger partial charge in [0.25, 0.3) is 0 Å². The number of benzene rings is 2. The standard InChI is InChI=1S/C10H4F3IO3.C10H5F3O3.CH3Cl/c11-10(12,13)7-3-6(16)4-1-2-5(15)8(14)9(4)17-7;11-10(12,13)9-4-7(15)6-2-1-5(14)3-8(6)16-9;1-2/h1-3,15H;1-4,14H;1H3. The van der Waals surface area contributed by atoms with Gasteiger partial charge in [0, 0.05) is 24.6 Å². The van der Waals surface area contributed by atoms with Gasteiger partial charge in [0.1, 0.15) is 17.1 Å². The van der Waals surface area contributed by atoms with Gasteiger partial charge in [-0.05, 0) is 46.9 Å². The summed E-state index contributed by atoms with van der Waals surface area (Å²) in [5, 5.41) is 18.4. The summed E-state index contributed by atoms with van der Waals surface area (Å²) in [5.41, 5.74) is -2.14. The monoisotopic (exact) mass is 636 g/mol. The van der Waals surface area contributed by atoms with Gasteiger partial charge in [-0.25, -0.2) is 0 Å². The van der Waals surface area contributed by atoms with E-state index in [1.165, 1.54) is 30.6 Å². The lowest BCUT2D eigenvalue weighted by Crippen LogP contribution is -2.11. The average molecular weight is 637 g/mol. The van der Waals surface area contributed by atoms with Gasteiger partial charge in [-0.1, -0.05) is 0 Å². The second-order valence-electron chi connectivity index (χ2n) is 6.40. The van der Waals surface area contributed by atoms with E-state index in [1.807, 2.05) is 0 Å². The van der Waals surface area contributed by atoms with E-state index >= 15 is 0 Å². The van der Waals surface area contributed by atoms with Crippen LogP contribution in [0.4, 0.5) is 26.3 Å². The smallest absolute Gasteiger partial charge is 0.449 e. The molecule has 4 aromatic rings. The summed E-state index contributed by atoms with van der Waals surface area (Å²) in [6.07, 6.45) is -7.99. The first kappa shape index (κ1) is 28.3. The Morgan fingerprint density at radius 3 is 1.80 bits per heavy atom. The Labute approximate surface area is 209 Å². The molecule has 0 bridgehead atoms. The van der Waals surface area contributed by atoms with Gasteiger partial charge in [-0.3, -0.25) is 9.59 Å². The molecule has 2 N–H and O–H groups in total. The predicted octanol–water partition coefficient (Wildman–Crippen LogP) is 6.49. The highest BCUT2D eigenvalue weighted by Gasteiger charge is 2.36. The summed E-state index contributed by atoms with van der Waals surface area (Å²) in [4.78, 5) is 22.8. The second kappa shape index (κ2) is 10.8. The van der Waals surface area contributed by atoms with Crippen molar-refractivity contribution in [2.75, 3.05) is 6.38 Å². The summed E-state index contributed by atoms with van der Waals surface area (Å²) >= 11 is 6.25. The van der Waals surface area contributed by atoms with E-state index in [-0.39, 0.29) is 37.0 Å². The lowest BCUT2D eigenvalue weighted by atomic mass is 10.2. The Morgan fingerprint density at radius 2 is 1.26 bits per heavy atom. The molecule has 0 saturated heterocycles. The Balaban J connectivity index is 0.000000231. The molecule has 0 aliphatic carbocycles. The topological polar surface area (TPSA) is 101 Å². The van der Waals surface area contributed by atoms with Crippen LogP contribution in [0.2, 0.25) is 0 Å². The number of aromatic hydroxyl groups is 2. The van der Waals surface area contributed by atoms with Crippen LogP contribution in [0.3, 0.4) is 0 Å². The molecule has 0 fully saturated rings. The van der Waals surface area contributed by atoms with Crippen molar-refractivity contribution in [1.29, 1.82) is 0 Å². The predicted molar refractivity (Wildman–Crippen MR) is 123 cm³/mol. The van der Waals surface area contributed by atoms with Crippen molar-refractivity contribution in [1.82, 2.24) is 0 Å². The third-order valence-corrected chi connectivity index (χ3v) is 5.13. The zero-order chi connectivity index (χ0) is 26.7. The number of hydrogen-bond donors (Lipinski definition) is 2. The fourth-order valence-corrected chi connectivity index (χ4v) is 3.18. The van der Waals surface area contributed by atoms with Gasteiger partial charge in [0.15, 0.2) is 16.4 Å². The first-order chi connectivity index (χ1) is 16.2. The largest absolute Gasteiger partial charge is 0.508 e. The summed E-state index contributed by atoms with van der Waals surface area (Å²) in [7, 11) is 0. The molecular formula is C21H12ClF6IO6. The molecule has 14 heteroatoms. The fourth-order valence-electron chi connectivity index (χ4n) is 2.60. The molecule has 0 saturated carbocycles. The molecule has 2 aromatic carbocycles. The molecule has 0 aliphatic heterocycles.